The molecule has 1 aromatic carbocycles. The molecule has 2 N–H and O–H groups in total. The lowest BCUT2D eigenvalue weighted by molar-refractivity contribution is -0.125. The van der Waals surface area contributed by atoms with E-state index in [-0.39, 0.29) is 18.0 Å². The summed E-state index contributed by atoms with van der Waals surface area (Å²) in [5.41, 5.74) is 1.14. The van der Waals surface area contributed by atoms with Crippen molar-refractivity contribution in [1.82, 2.24) is 30.6 Å². The summed E-state index contributed by atoms with van der Waals surface area (Å²) in [7, 11) is 0. The Morgan fingerprint density at radius 2 is 1.77 bits per heavy atom. The molecular formula is C21H30N6O3. The molecule has 2 aromatic rings. The number of benzene rings is 1. The van der Waals surface area contributed by atoms with Crippen molar-refractivity contribution in [3.8, 4) is 0 Å². The van der Waals surface area contributed by atoms with Crippen LogP contribution in [0.2, 0.25) is 0 Å². The van der Waals surface area contributed by atoms with Crippen LogP contribution in [-0.2, 0) is 11.2 Å². The number of hydrogen-bond donors (Lipinski definition) is 2. The van der Waals surface area contributed by atoms with E-state index in [9.17, 15) is 9.59 Å². The van der Waals surface area contributed by atoms with E-state index < -0.39 is 6.03 Å². The van der Waals surface area contributed by atoms with E-state index in [1.54, 1.807) is 0 Å². The second kappa shape index (κ2) is 10.3. The first-order valence-electron chi connectivity index (χ1n) is 10.4. The van der Waals surface area contributed by atoms with Crippen molar-refractivity contribution in [3.63, 3.8) is 0 Å². The van der Waals surface area contributed by atoms with Gasteiger partial charge in [-0.25, -0.2) is 4.79 Å². The van der Waals surface area contributed by atoms with E-state index in [0.717, 1.165) is 31.7 Å². The van der Waals surface area contributed by atoms with Gasteiger partial charge in [0.2, 0.25) is 11.8 Å². The van der Waals surface area contributed by atoms with Crippen molar-refractivity contribution in [2.45, 2.75) is 39.3 Å². The maximum absolute atomic E-state index is 12.3. The highest BCUT2D eigenvalue weighted by Crippen LogP contribution is 2.21. The molecule has 9 nitrogen and oxygen atoms in total. The van der Waals surface area contributed by atoms with Crippen LogP contribution in [0.15, 0.2) is 34.9 Å². The van der Waals surface area contributed by atoms with Gasteiger partial charge in [0.05, 0.1) is 12.1 Å². The highest BCUT2D eigenvalue weighted by molar-refractivity contribution is 5.96. The lowest BCUT2D eigenvalue weighted by Crippen LogP contribution is -2.55. The Hall–Kier alpha value is -2.78. The first-order valence-corrected chi connectivity index (χ1v) is 10.4. The number of piperazine rings is 1. The van der Waals surface area contributed by atoms with Gasteiger partial charge in [0.1, 0.15) is 0 Å². The van der Waals surface area contributed by atoms with Crippen LogP contribution >= 0.6 is 0 Å². The Bertz CT molecular complexity index is 832. The molecule has 0 saturated carbocycles. The van der Waals surface area contributed by atoms with Gasteiger partial charge in [0.15, 0.2) is 5.82 Å². The van der Waals surface area contributed by atoms with E-state index in [0.29, 0.717) is 24.7 Å². The standard InChI is InChI=1S/C21H30N6O3/c1-4-22-21(29)24-19(28)15(2)26-10-12-27(13-11-26)16(3)20-23-18(25-30-20)14-17-8-6-5-7-9-17/h5-9,15-16H,4,10-14H2,1-3H3,(H2,22,24,28,29). The molecule has 1 aromatic heterocycles. The number of carbonyl (C=O) groups excluding carboxylic acids is 2. The number of aromatic nitrogens is 2. The fourth-order valence-electron chi connectivity index (χ4n) is 3.54. The summed E-state index contributed by atoms with van der Waals surface area (Å²) in [5, 5.41) is 9.08. The molecule has 1 fully saturated rings. The SMILES string of the molecule is CCNC(=O)NC(=O)C(C)N1CCN(C(C)c2nc(Cc3ccccc3)no2)CC1. The average molecular weight is 415 g/mol. The first-order chi connectivity index (χ1) is 14.5. The minimum atomic E-state index is -0.454. The van der Waals surface area contributed by atoms with Crippen molar-refractivity contribution in [1.29, 1.82) is 0 Å². The van der Waals surface area contributed by atoms with E-state index in [1.807, 2.05) is 44.2 Å². The summed E-state index contributed by atoms with van der Waals surface area (Å²) in [6.07, 6.45) is 0.642. The first kappa shape index (κ1) is 21.9. The molecule has 1 saturated heterocycles. The normalized spacial score (nSPS) is 17.3. The lowest BCUT2D eigenvalue weighted by Gasteiger charge is -2.38. The number of hydrogen-bond acceptors (Lipinski definition) is 7. The Balaban J connectivity index is 1.50. The fourth-order valence-corrected chi connectivity index (χ4v) is 3.54. The van der Waals surface area contributed by atoms with Gasteiger partial charge in [-0.05, 0) is 26.3 Å². The molecule has 2 atom stereocenters. The Morgan fingerprint density at radius 3 is 2.43 bits per heavy atom. The monoisotopic (exact) mass is 414 g/mol. The summed E-state index contributed by atoms with van der Waals surface area (Å²) >= 11 is 0. The van der Waals surface area contributed by atoms with Crippen molar-refractivity contribution in [2.24, 2.45) is 0 Å². The van der Waals surface area contributed by atoms with E-state index >= 15 is 0 Å². The topological polar surface area (TPSA) is 104 Å². The van der Waals surface area contributed by atoms with E-state index in [1.165, 1.54) is 0 Å². The molecule has 3 rings (SSSR count). The summed E-state index contributed by atoms with van der Waals surface area (Å²) in [4.78, 5) is 32.7. The van der Waals surface area contributed by atoms with Crippen LogP contribution in [0.1, 0.15) is 44.1 Å². The molecule has 0 aliphatic carbocycles. The number of rotatable bonds is 7. The highest BCUT2D eigenvalue weighted by atomic mass is 16.5. The minimum absolute atomic E-state index is 0.00337. The second-order valence-corrected chi connectivity index (χ2v) is 7.48. The Labute approximate surface area is 176 Å². The Kier molecular flexibility index (Phi) is 7.53. The zero-order valence-corrected chi connectivity index (χ0v) is 17.8. The molecule has 0 spiro atoms. The van der Waals surface area contributed by atoms with Crippen molar-refractivity contribution < 1.29 is 14.1 Å². The third kappa shape index (κ3) is 5.64. The lowest BCUT2D eigenvalue weighted by atomic mass is 10.1. The van der Waals surface area contributed by atoms with Crippen LogP contribution in [0.5, 0.6) is 0 Å². The van der Waals surface area contributed by atoms with Crippen molar-refractivity contribution in [2.75, 3.05) is 32.7 Å². The van der Waals surface area contributed by atoms with Gasteiger partial charge < -0.3 is 9.84 Å². The summed E-state index contributed by atoms with van der Waals surface area (Å²) in [6.45, 7) is 9.16. The van der Waals surface area contributed by atoms with Crippen molar-refractivity contribution >= 4 is 11.9 Å². The van der Waals surface area contributed by atoms with Gasteiger partial charge in [-0.1, -0.05) is 35.5 Å². The second-order valence-electron chi connectivity index (χ2n) is 7.48. The van der Waals surface area contributed by atoms with Crippen molar-refractivity contribution in [3.05, 3.63) is 47.6 Å². The third-order valence-corrected chi connectivity index (χ3v) is 5.44. The third-order valence-electron chi connectivity index (χ3n) is 5.44. The maximum Gasteiger partial charge on any atom is 0.321 e. The predicted molar refractivity (Wildman–Crippen MR) is 112 cm³/mol. The van der Waals surface area contributed by atoms with Crippen LogP contribution in [0.3, 0.4) is 0 Å². The number of imide groups is 1. The molecule has 2 heterocycles. The minimum Gasteiger partial charge on any atom is -0.338 e. The molecule has 0 bridgehead atoms. The molecule has 3 amide bonds. The quantitative estimate of drug-likeness (QED) is 0.709. The van der Waals surface area contributed by atoms with Gasteiger partial charge >= 0.3 is 6.03 Å². The Morgan fingerprint density at radius 1 is 1.10 bits per heavy atom. The van der Waals surface area contributed by atoms with Crippen LogP contribution in [0, 0.1) is 0 Å². The highest BCUT2D eigenvalue weighted by Gasteiger charge is 2.30. The largest absolute Gasteiger partial charge is 0.338 e. The van der Waals surface area contributed by atoms with Gasteiger partial charge in [-0.15, -0.1) is 0 Å². The predicted octanol–water partition coefficient (Wildman–Crippen LogP) is 1.57. The molecular weight excluding hydrogens is 384 g/mol. The van der Waals surface area contributed by atoms with Gasteiger partial charge in [0.25, 0.3) is 0 Å². The summed E-state index contributed by atoms with van der Waals surface area (Å²) in [5.74, 6) is 0.999. The number of urea groups is 1. The smallest absolute Gasteiger partial charge is 0.321 e. The number of nitrogens with one attached hydrogen (secondary N) is 2. The molecule has 0 radical (unpaired) electrons. The zero-order chi connectivity index (χ0) is 21.5. The van der Waals surface area contributed by atoms with Crippen LogP contribution in [-0.4, -0.2) is 70.6 Å². The summed E-state index contributed by atoms with van der Waals surface area (Å²) in [6, 6.07) is 9.24. The zero-order valence-electron chi connectivity index (χ0n) is 17.8. The fraction of sp³-hybridized carbons (Fsp3) is 0.524. The average Bonchev–Trinajstić information content (AvgIpc) is 3.22. The summed E-state index contributed by atoms with van der Waals surface area (Å²) < 4.78 is 5.51. The molecule has 30 heavy (non-hydrogen) atoms. The number of amides is 3. The van der Waals surface area contributed by atoms with Gasteiger partial charge in [-0.3, -0.25) is 19.9 Å². The molecule has 1 aliphatic heterocycles. The molecule has 2 unspecified atom stereocenters. The maximum atomic E-state index is 12.3. The molecule has 9 heteroatoms. The van der Waals surface area contributed by atoms with E-state index in [4.69, 9.17) is 4.52 Å². The van der Waals surface area contributed by atoms with Gasteiger partial charge in [0, 0.05) is 39.1 Å². The van der Waals surface area contributed by atoms with Crippen LogP contribution < -0.4 is 10.6 Å². The molecule has 1 aliphatic rings. The van der Waals surface area contributed by atoms with Crippen LogP contribution in [0.4, 0.5) is 4.79 Å². The van der Waals surface area contributed by atoms with Crippen LogP contribution in [0.25, 0.3) is 0 Å². The van der Waals surface area contributed by atoms with E-state index in [2.05, 4.69) is 37.5 Å². The van der Waals surface area contributed by atoms with Gasteiger partial charge in [-0.2, -0.15) is 4.98 Å². The number of nitrogens with zero attached hydrogens (tertiary/aromatic N) is 4. The number of carbonyl (C=O) groups is 2. The molecule has 162 valence electrons.